The van der Waals surface area contributed by atoms with E-state index in [9.17, 15) is 18.0 Å². The number of aromatic nitrogens is 5. The van der Waals surface area contributed by atoms with Crippen LogP contribution in [-0.4, -0.2) is 24.5 Å². The first-order chi connectivity index (χ1) is 15.9. The predicted molar refractivity (Wildman–Crippen MR) is 118 cm³/mol. The number of H-pyrrole nitrogens is 1. The summed E-state index contributed by atoms with van der Waals surface area (Å²) in [6.07, 6.45) is 3.33. The van der Waals surface area contributed by atoms with Crippen molar-refractivity contribution in [3.8, 4) is 5.69 Å². The summed E-state index contributed by atoms with van der Waals surface area (Å²) in [6.45, 7) is 1.89. The molecule has 0 aliphatic rings. The molecule has 10 heteroatoms. The number of hydrogen-bond donors (Lipinski definition) is 2. The molecule has 0 bridgehead atoms. The summed E-state index contributed by atoms with van der Waals surface area (Å²) in [5.74, 6) is -1.80. The van der Waals surface area contributed by atoms with Gasteiger partial charge in [0.05, 0.1) is 23.4 Å². The Bertz CT molecular complexity index is 1540. The van der Waals surface area contributed by atoms with Crippen molar-refractivity contribution in [1.29, 1.82) is 0 Å². The molecular formula is C23H17F3N6O. The second-order valence-electron chi connectivity index (χ2n) is 7.50. The van der Waals surface area contributed by atoms with Crippen LogP contribution in [0.4, 0.5) is 19.0 Å². The SMILES string of the molecule is CC[C@@H](Nc1ncnc2nc[nH]c12)c1cc2ccc(F)cc2c(=O)n1-c1cc(F)cc(F)c1. The number of imidazole rings is 1. The minimum Gasteiger partial charge on any atom is -0.360 e. The molecule has 0 fully saturated rings. The van der Waals surface area contributed by atoms with E-state index >= 15 is 0 Å². The lowest BCUT2D eigenvalue weighted by Crippen LogP contribution is -2.27. The van der Waals surface area contributed by atoms with Crippen LogP contribution in [0.15, 0.2) is 59.9 Å². The number of aromatic amines is 1. The zero-order chi connectivity index (χ0) is 23.1. The molecule has 2 N–H and O–H groups in total. The lowest BCUT2D eigenvalue weighted by Gasteiger charge is -2.23. The van der Waals surface area contributed by atoms with Crippen molar-refractivity contribution in [3.63, 3.8) is 0 Å². The molecule has 0 radical (unpaired) electrons. The van der Waals surface area contributed by atoms with Gasteiger partial charge in [-0.15, -0.1) is 0 Å². The maximum absolute atomic E-state index is 14.1. The molecule has 0 aliphatic carbocycles. The molecule has 3 heterocycles. The Hall–Kier alpha value is -4.21. The molecule has 0 spiro atoms. The van der Waals surface area contributed by atoms with Gasteiger partial charge in [0.15, 0.2) is 11.5 Å². The maximum Gasteiger partial charge on any atom is 0.263 e. The van der Waals surface area contributed by atoms with Gasteiger partial charge in [-0.1, -0.05) is 13.0 Å². The number of nitrogens with zero attached hydrogens (tertiary/aromatic N) is 4. The second kappa shape index (κ2) is 8.05. The Morgan fingerprint density at radius 3 is 2.55 bits per heavy atom. The van der Waals surface area contributed by atoms with Crippen LogP contribution in [0.1, 0.15) is 25.1 Å². The van der Waals surface area contributed by atoms with Crippen LogP contribution in [-0.2, 0) is 0 Å². The minimum absolute atomic E-state index is 0.00622. The van der Waals surface area contributed by atoms with Gasteiger partial charge < -0.3 is 10.3 Å². The van der Waals surface area contributed by atoms with Gasteiger partial charge in [-0.25, -0.2) is 28.1 Å². The molecule has 5 aromatic rings. The topological polar surface area (TPSA) is 88.5 Å². The van der Waals surface area contributed by atoms with Gasteiger partial charge in [0, 0.05) is 11.8 Å². The van der Waals surface area contributed by atoms with Crippen LogP contribution >= 0.6 is 0 Å². The largest absolute Gasteiger partial charge is 0.360 e. The third-order valence-corrected chi connectivity index (χ3v) is 5.42. The van der Waals surface area contributed by atoms with Crippen molar-refractivity contribution >= 4 is 27.8 Å². The van der Waals surface area contributed by atoms with Crippen LogP contribution in [0.25, 0.3) is 27.6 Å². The predicted octanol–water partition coefficient (Wildman–Crippen LogP) is 4.64. The molecule has 33 heavy (non-hydrogen) atoms. The third kappa shape index (κ3) is 3.69. The Labute approximate surface area is 185 Å². The van der Waals surface area contributed by atoms with Crippen molar-refractivity contribution in [1.82, 2.24) is 24.5 Å². The summed E-state index contributed by atoms with van der Waals surface area (Å²) in [5, 5.41) is 3.87. The highest BCUT2D eigenvalue weighted by molar-refractivity contribution is 5.84. The smallest absolute Gasteiger partial charge is 0.263 e. The van der Waals surface area contributed by atoms with Crippen molar-refractivity contribution in [2.75, 3.05) is 5.32 Å². The fourth-order valence-electron chi connectivity index (χ4n) is 3.92. The van der Waals surface area contributed by atoms with E-state index in [1.165, 1.54) is 29.4 Å². The van der Waals surface area contributed by atoms with E-state index in [2.05, 4.69) is 25.3 Å². The summed E-state index contributed by atoms with van der Waals surface area (Å²) < 4.78 is 43.2. The Kier molecular flexibility index (Phi) is 5.04. The normalized spacial score (nSPS) is 12.4. The summed E-state index contributed by atoms with van der Waals surface area (Å²) in [7, 11) is 0. The van der Waals surface area contributed by atoms with Crippen LogP contribution in [0.5, 0.6) is 0 Å². The minimum atomic E-state index is -0.835. The lowest BCUT2D eigenvalue weighted by molar-refractivity contribution is 0.579. The number of hydrogen-bond acceptors (Lipinski definition) is 5. The van der Waals surface area contributed by atoms with Gasteiger partial charge in [-0.2, -0.15) is 0 Å². The van der Waals surface area contributed by atoms with Crippen LogP contribution in [0.2, 0.25) is 0 Å². The van der Waals surface area contributed by atoms with E-state index in [0.29, 0.717) is 34.5 Å². The third-order valence-electron chi connectivity index (χ3n) is 5.42. The Morgan fingerprint density at radius 1 is 1.00 bits per heavy atom. The van der Waals surface area contributed by atoms with Crippen molar-refractivity contribution < 1.29 is 13.2 Å². The van der Waals surface area contributed by atoms with E-state index in [0.717, 1.165) is 24.3 Å². The van der Waals surface area contributed by atoms with Gasteiger partial charge in [0.25, 0.3) is 5.56 Å². The van der Waals surface area contributed by atoms with Crippen molar-refractivity contribution in [2.24, 2.45) is 0 Å². The quantitative estimate of drug-likeness (QED) is 0.407. The van der Waals surface area contributed by atoms with Crippen LogP contribution in [0, 0.1) is 17.5 Å². The summed E-state index contributed by atoms with van der Waals surface area (Å²) >= 11 is 0. The molecule has 0 saturated carbocycles. The number of anilines is 1. The molecule has 0 aliphatic heterocycles. The van der Waals surface area contributed by atoms with E-state index in [4.69, 9.17) is 0 Å². The first-order valence-electron chi connectivity index (χ1n) is 10.2. The molecule has 0 saturated heterocycles. The van der Waals surface area contributed by atoms with E-state index in [-0.39, 0.29) is 11.1 Å². The number of rotatable bonds is 5. The molecule has 5 rings (SSSR count). The lowest BCUT2D eigenvalue weighted by atomic mass is 10.0. The van der Waals surface area contributed by atoms with Gasteiger partial charge >= 0.3 is 0 Å². The maximum atomic E-state index is 14.1. The number of benzene rings is 2. The first-order valence-corrected chi connectivity index (χ1v) is 10.2. The highest BCUT2D eigenvalue weighted by Crippen LogP contribution is 2.28. The van der Waals surface area contributed by atoms with E-state index in [1.54, 1.807) is 6.07 Å². The summed E-state index contributed by atoms with van der Waals surface area (Å²) in [6, 6.07) is 7.90. The Balaban J connectivity index is 1.75. The standard InChI is InChI=1S/C23H17F3N6O/c1-2-18(31-22-20-21(28-10-27-20)29-11-30-22)19-5-12-3-4-13(24)9-17(12)23(33)32(19)16-7-14(25)6-15(26)8-16/h3-11,18H,2H2,1H3,(H2,27,28,29,30,31)/t18-/m1/s1. The molecule has 1 atom stereocenters. The van der Waals surface area contributed by atoms with Crippen molar-refractivity contribution in [2.45, 2.75) is 19.4 Å². The fraction of sp³-hybridized carbons (Fsp3) is 0.130. The highest BCUT2D eigenvalue weighted by atomic mass is 19.1. The van der Waals surface area contributed by atoms with Gasteiger partial charge in [0.1, 0.15) is 29.3 Å². The molecule has 2 aromatic carbocycles. The number of fused-ring (bicyclic) bond motifs is 2. The highest BCUT2D eigenvalue weighted by Gasteiger charge is 2.21. The van der Waals surface area contributed by atoms with E-state index < -0.39 is 29.1 Å². The molecule has 166 valence electrons. The van der Waals surface area contributed by atoms with Crippen molar-refractivity contribution in [3.05, 3.63) is 88.6 Å². The second-order valence-corrected chi connectivity index (χ2v) is 7.50. The fourth-order valence-corrected chi connectivity index (χ4v) is 3.92. The number of halogens is 3. The molecule has 0 amide bonds. The summed E-state index contributed by atoms with van der Waals surface area (Å²) in [4.78, 5) is 28.9. The average molecular weight is 450 g/mol. The first kappa shape index (κ1) is 20.7. The number of nitrogens with one attached hydrogen (secondary N) is 2. The molecule has 0 unspecified atom stereocenters. The molecular weight excluding hydrogens is 433 g/mol. The molecule has 7 nitrogen and oxygen atoms in total. The van der Waals surface area contributed by atoms with Gasteiger partial charge in [0.2, 0.25) is 0 Å². The van der Waals surface area contributed by atoms with Crippen LogP contribution < -0.4 is 10.9 Å². The monoisotopic (exact) mass is 450 g/mol. The number of pyridine rings is 1. The summed E-state index contributed by atoms with van der Waals surface area (Å²) in [5.41, 5.74) is 0.859. The zero-order valence-electron chi connectivity index (χ0n) is 17.3. The average Bonchev–Trinajstić information content (AvgIpc) is 3.27. The Morgan fingerprint density at radius 2 is 1.79 bits per heavy atom. The van der Waals surface area contributed by atoms with Crippen LogP contribution in [0.3, 0.4) is 0 Å². The van der Waals surface area contributed by atoms with E-state index in [1.807, 2.05) is 6.92 Å². The van der Waals surface area contributed by atoms with Gasteiger partial charge in [-0.3, -0.25) is 9.36 Å². The van der Waals surface area contributed by atoms with Gasteiger partial charge in [-0.05, 0) is 42.1 Å². The zero-order valence-corrected chi connectivity index (χ0v) is 17.3. The molecule has 3 aromatic heterocycles.